The van der Waals surface area contributed by atoms with Crippen molar-refractivity contribution in [3.63, 3.8) is 0 Å². The lowest BCUT2D eigenvalue weighted by Crippen LogP contribution is -2.15. The highest BCUT2D eigenvalue weighted by Crippen LogP contribution is 2.43. The monoisotopic (exact) mass is 465 g/mol. The van der Waals surface area contributed by atoms with E-state index in [1.54, 1.807) is 16.7 Å². The van der Waals surface area contributed by atoms with Gasteiger partial charge in [0.25, 0.3) is 5.91 Å². The Labute approximate surface area is 194 Å². The first-order valence-corrected chi connectivity index (χ1v) is 11.0. The van der Waals surface area contributed by atoms with Crippen molar-refractivity contribution in [2.75, 3.05) is 18.5 Å². The standard InChI is InChI=1S/C24H24FN5O4/c1-13-3-4-16(22-28-24(34-29-22)17-11-18(17)25)9-19(13)27-23(32)20-12-26-21-10-15(5-6-30(20)21)14(2)33-8-7-31/h3-6,9-10,12,14,17-18,31H,7-8,11H2,1-2H3,(H,27,32)/t14?,17-,18-/m0/s1. The maximum atomic E-state index is 13.3. The summed E-state index contributed by atoms with van der Waals surface area (Å²) in [5.41, 5.74) is 4.00. The molecule has 1 aliphatic carbocycles. The van der Waals surface area contributed by atoms with Crippen LogP contribution in [0.4, 0.5) is 10.1 Å². The fraction of sp³-hybridized carbons (Fsp3) is 0.333. The molecule has 3 aromatic heterocycles. The number of pyridine rings is 1. The largest absolute Gasteiger partial charge is 0.394 e. The van der Waals surface area contributed by atoms with Gasteiger partial charge in [-0.2, -0.15) is 4.98 Å². The van der Waals surface area contributed by atoms with Crippen molar-refractivity contribution < 1.29 is 23.6 Å². The Morgan fingerprint density at radius 1 is 1.38 bits per heavy atom. The molecule has 176 valence electrons. The zero-order chi connectivity index (χ0) is 23.8. The van der Waals surface area contributed by atoms with Crippen molar-refractivity contribution >= 4 is 17.2 Å². The van der Waals surface area contributed by atoms with Crippen LogP contribution in [-0.2, 0) is 4.74 Å². The van der Waals surface area contributed by atoms with E-state index in [4.69, 9.17) is 14.4 Å². The summed E-state index contributed by atoms with van der Waals surface area (Å²) in [6.07, 6.45) is 2.57. The van der Waals surface area contributed by atoms with Gasteiger partial charge in [0.15, 0.2) is 0 Å². The number of aryl methyl sites for hydroxylation is 1. The summed E-state index contributed by atoms with van der Waals surface area (Å²) < 4.78 is 25.7. The van der Waals surface area contributed by atoms with Crippen molar-refractivity contribution in [1.82, 2.24) is 19.5 Å². The van der Waals surface area contributed by atoms with Gasteiger partial charge in [-0.3, -0.25) is 9.20 Å². The van der Waals surface area contributed by atoms with E-state index in [9.17, 15) is 9.18 Å². The Hall–Kier alpha value is -3.63. The Kier molecular flexibility index (Phi) is 5.84. The number of benzene rings is 1. The minimum Gasteiger partial charge on any atom is -0.394 e. The molecule has 10 heteroatoms. The van der Waals surface area contributed by atoms with Crippen LogP contribution in [0.5, 0.6) is 0 Å². The van der Waals surface area contributed by atoms with Gasteiger partial charge in [0.1, 0.15) is 17.5 Å². The lowest BCUT2D eigenvalue weighted by atomic mass is 10.1. The van der Waals surface area contributed by atoms with E-state index >= 15 is 0 Å². The van der Waals surface area contributed by atoms with Crippen LogP contribution in [0.25, 0.3) is 17.0 Å². The molecule has 1 aliphatic rings. The first kappa shape index (κ1) is 22.2. The Morgan fingerprint density at radius 3 is 2.97 bits per heavy atom. The third-order valence-corrected chi connectivity index (χ3v) is 5.91. The minimum absolute atomic E-state index is 0.0482. The molecule has 1 unspecified atom stereocenters. The number of hydrogen-bond acceptors (Lipinski definition) is 7. The zero-order valence-corrected chi connectivity index (χ0v) is 18.7. The molecule has 0 aliphatic heterocycles. The highest BCUT2D eigenvalue weighted by Gasteiger charge is 2.43. The smallest absolute Gasteiger partial charge is 0.274 e. The molecular formula is C24H24FN5O4. The first-order valence-electron chi connectivity index (χ1n) is 11.0. The summed E-state index contributed by atoms with van der Waals surface area (Å²) in [7, 11) is 0. The van der Waals surface area contributed by atoms with Gasteiger partial charge < -0.3 is 19.7 Å². The second kappa shape index (κ2) is 8.96. The molecule has 0 spiro atoms. The number of alkyl halides is 1. The number of aromatic nitrogens is 4. The van der Waals surface area contributed by atoms with E-state index in [-0.39, 0.29) is 31.1 Å². The molecular weight excluding hydrogens is 441 g/mol. The summed E-state index contributed by atoms with van der Waals surface area (Å²) in [5.74, 6) is 0.0159. The molecule has 1 amide bonds. The molecule has 0 bridgehead atoms. The predicted octanol–water partition coefficient (Wildman–Crippen LogP) is 3.84. The number of imidazole rings is 1. The first-order chi connectivity index (χ1) is 16.4. The summed E-state index contributed by atoms with van der Waals surface area (Å²) in [5, 5.41) is 15.8. The number of ether oxygens (including phenoxy) is 1. The Bertz CT molecular complexity index is 1350. The number of nitrogens with zero attached hydrogens (tertiary/aromatic N) is 4. The summed E-state index contributed by atoms with van der Waals surface area (Å²) in [6.45, 7) is 3.97. The second-order valence-corrected chi connectivity index (χ2v) is 8.37. The van der Waals surface area contributed by atoms with Crippen molar-refractivity contribution in [2.45, 2.75) is 38.5 Å². The van der Waals surface area contributed by atoms with Gasteiger partial charge in [0.2, 0.25) is 11.7 Å². The number of aliphatic hydroxyl groups is 1. The van der Waals surface area contributed by atoms with Gasteiger partial charge in [-0.1, -0.05) is 17.3 Å². The molecule has 0 radical (unpaired) electrons. The van der Waals surface area contributed by atoms with Crippen LogP contribution in [0.15, 0.2) is 47.2 Å². The maximum absolute atomic E-state index is 13.3. The molecule has 3 heterocycles. The predicted molar refractivity (Wildman–Crippen MR) is 121 cm³/mol. The number of fused-ring (bicyclic) bond motifs is 1. The average Bonchev–Trinajstić information content (AvgIpc) is 3.23. The van der Waals surface area contributed by atoms with Crippen LogP contribution >= 0.6 is 0 Å². The van der Waals surface area contributed by atoms with Crippen molar-refractivity contribution in [1.29, 1.82) is 0 Å². The van der Waals surface area contributed by atoms with Gasteiger partial charge in [-0.05, 0) is 49.6 Å². The zero-order valence-electron chi connectivity index (χ0n) is 18.7. The lowest BCUT2D eigenvalue weighted by molar-refractivity contribution is 0.0385. The van der Waals surface area contributed by atoms with E-state index in [0.29, 0.717) is 40.7 Å². The van der Waals surface area contributed by atoms with E-state index in [1.165, 1.54) is 6.20 Å². The number of carbonyl (C=O) groups excluding carboxylic acids is 1. The normalized spacial score (nSPS) is 18.2. The fourth-order valence-electron chi connectivity index (χ4n) is 3.75. The SMILES string of the molecule is Cc1ccc(-c2noc([C@H]3C[C@@H]3F)n2)cc1NC(=O)c1cnc2cc(C(C)OCCO)ccn12. The van der Waals surface area contributed by atoms with Crippen molar-refractivity contribution in [3.05, 3.63) is 65.4 Å². The highest BCUT2D eigenvalue weighted by molar-refractivity contribution is 6.04. The van der Waals surface area contributed by atoms with Crippen LogP contribution in [0.2, 0.25) is 0 Å². The minimum atomic E-state index is -0.918. The Balaban J connectivity index is 1.35. The van der Waals surface area contributed by atoms with Crippen LogP contribution in [0.3, 0.4) is 0 Å². The second-order valence-electron chi connectivity index (χ2n) is 8.37. The molecule has 0 saturated heterocycles. The van der Waals surface area contributed by atoms with Gasteiger partial charge in [0.05, 0.1) is 31.4 Å². The fourth-order valence-corrected chi connectivity index (χ4v) is 3.75. The van der Waals surface area contributed by atoms with Gasteiger partial charge >= 0.3 is 0 Å². The summed E-state index contributed by atoms with van der Waals surface area (Å²) in [4.78, 5) is 21.7. The third kappa shape index (κ3) is 4.29. The molecule has 34 heavy (non-hydrogen) atoms. The van der Waals surface area contributed by atoms with Crippen molar-refractivity contribution in [2.24, 2.45) is 0 Å². The van der Waals surface area contributed by atoms with Gasteiger partial charge in [-0.25, -0.2) is 9.37 Å². The summed E-state index contributed by atoms with van der Waals surface area (Å²) >= 11 is 0. The number of aliphatic hydroxyl groups excluding tert-OH is 1. The van der Waals surface area contributed by atoms with E-state index in [0.717, 1.165) is 11.1 Å². The van der Waals surface area contributed by atoms with Gasteiger partial charge in [0, 0.05) is 17.4 Å². The number of rotatable bonds is 8. The quantitative estimate of drug-likeness (QED) is 0.406. The topological polar surface area (TPSA) is 115 Å². The highest BCUT2D eigenvalue weighted by atomic mass is 19.1. The summed E-state index contributed by atoms with van der Waals surface area (Å²) in [6, 6.07) is 9.15. The number of anilines is 1. The number of nitrogens with one attached hydrogen (secondary N) is 1. The average molecular weight is 465 g/mol. The molecule has 4 aromatic rings. The van der Waals surface area contributed by atoms with Crippen molar-refractivity contribution in [3.8, 4) is 11.4 Å². The molecule has 9 nitrogen and oxygen atoms in total. The molecule has 1 saturated carbocycles. The molecule has 2 N–H and O–H groups in total. The number of halogens is 1. The van der Waals surface area contributed by atoms with Crippen LogP contribution < -0.4 is 5.32 Å². The molecule has 3 atom stereocenters. The Morgan fingerprint density at radius 2 is 2.21 bits per heavy atom. The molecule has 1 aromatic carbocycles. The third-order valence-electron chi connectivity index (χ3n) is 5.91. The number of carbonyl (C=O) groups is 1. The van der Waals surface area contributed by atoms with Crippen LogP contribution in [-0.4, -0.2) is 49.9 Å². The molecule has 5 rings (SSSR count). The van der Waals surface area contributed by atoms with E-state index in [2.05, 4.69) is 20.4 Å². The number of amides is 1. The van der Waals surface area contributed by atoms with E-state index in [1.807, 2.05) is 38.1 Å². The van der Waals surface area contributed by atoms with Crippen LogP contribution in [0.1, 0.15) is 52.9 Å². The van der Waals surface area contributed by atoms with Gasteiger partial charge in [-0.15, -0.1) is 0 Å². The maximum Gasteiger partial charge on any atom is 0.274 e. The lowest BCUT2D eigenvalue weighted by Gasteiger charge is -2.13. The molecule has 1 fully saturated rings. The van der Waals surface area contributed by atoms with E-state index < -0.39 is 6.17 Å². The van der Waals surface area contributed by atoms with Crippen LogP contribution in [0, 0.1) is 6.92 Å². The number of hydrogen-bond donors (Lipinski definition) is 2.